The number of anilines is 1. The van der Waals surface area contributed by atoms with E-state index in [0.29, 0.717) is 0 Å². The Balaban J connectivity index is 2.43. The molecule has 1 heterocycles. The van der Waals surface area contributed by atoms with Crippen molar-refractivity contribution in [1.82, 2.24) is 9.78 Å². The molecule has 1 aromatic heterocycles. The van der Waals surface area contributed by atoms with Crippen LogP contribution in [0.1, 0.15) is 35.3 Å². The van der Waals surface area contributed by atoms with Crippen LogP contribution in [0.4, 0.5) is 5.82 Å². The highest BCUT2D eigenvalue weighted by Crippen LogP contribution is 2.24. The Hall–Kier alpha value is -1.77. The molecule has 90 valence electrons. The van der Waals surface area contributed by atoms with Gasteiger partial charge in [-0.2, -0.15) is 5.10 Å². The van der Waals surface area contributed by atoms with Gasteiger partial charge in [0, 0.05) is 6.07 Å². The number of aromatic nitrogens is 2. The molecule has 3 nitrogen and oxygen atoms in total. The standard InChI is InChI=1S/C14H19N3/c1-9-5-6-13(10(2)7-9)12(4)17-14(15)8-11(3)16-17/h5-8,12H,15H2,1-4H3. The molecule has 0 aliphatic heterocycles. The summed E-state index contributed by atoms with van der Waals surface area (Å²) in [7, 11) is 0. The van der Waals surface area contributed by atoms with Crippen molar-refractivity contribution in [3.8, 4) is 0 Å². The van der Waals surface area contributed by atoms with Crippen molar-refractivity contribution in [2.75, 3.05) is 5.73 Å². The van der Waals surface area contributed by atoms with Gasteiger partial charge in [-0.3, -0.25) is 0 Å². The number of hydrogen-bond donors (Lipinski definition) is 1. The van der Waals surface area contributed by atoms with E-state index in [1.165, 1.54) is 16.7 Å². The monoisotopic (exact) mass is 229 g/mol. The highest BCUT2D eigenvalue weighted by atomic mass is 15.3. The Morgan fingerprint density at radius 2 is 1.88 bits per heavy atom. The van der Waals surface area contributed by atoms with Crippen LogP contribution in [-0.4, -0.2) is 9.78 Å². The molecule has 17 heavy (non-hydrogen) atoms. The average Bonchev–Trinajstić information content (AvgIpc) is 2.57. The van der Waals surface area contributed by atoms with E-state index in [0.717, 1.165) is 11.5 Å². The Kier molecular flexibility index (Phi) is 2.92. The molecule has 1 unspecified atom stereocenters. The molecule has 0 bridgehead atoms. The van der Waals surface area contributed by atoms with E-state index in [4.69, 9.17) is 5.73 Å². The predicted molar refractivity (Wildman–Crippen MR) is 71.1 cm³/mol. The van der Waals surface area contributed by atoms with Gasteiger partial charge in [-0.1, -0.05) is 23.8 Å². The van der Waals surface area contributed by atoms with Crippen LogP contribution < -0.4 is 5.73 Å². The first-order valence-electron chi connectivity index (χ1n) is 5.88. The highest BCUT2D eigenvalue weighted by molar-refractivity contribution is 5.37. The molecule has 1 atom stereocenters. The van der Waals surface area contributed by atoms with E-state index >= 15 is 0 Å². The van der Waals surface area contributed by atoms with Gasteiger partial charge in [-0.05, 0) is 38.8 Å². The van der Waals surface area contributed by atoms with Crippen LogP contribution in [0.3, 0.4) is 0 Å². The second-order valence-electron chi connectivity index (χ2n) is 4.69. The fourth-order valence-corrected chi connectivity index (χ4v) is 2.27. The maximum Gasteiger partial charge on any atom is 0.122 e. The molecular formula is C14H19N3. The average molecular weight is 229 g/mol. The summed E-state index contributed by atoms with van der Waals surface area (Å²) in [6.07, 6.45) is 0. The first-order chi connectivity index (χ1) is 7.99. The summed E-state index contributed by atoms with van der Waals surface area (Å²) < 4.78 is 1.88. The van der Waals surface area contributed by atoms with Gasteiger partial charge in [-0.15, -0.1) is 0 Å². The molecule has 0 saturated heterocycles. The number of benzene rings is 1. The maximum atomic E-state index is 5.96. The molecule has 0 spiro atoms. The van der Waals surface area contributed by atoms with E-state index in [2.05, 4.69) is 44.1 Å². The van der Waals surface area contributed by atoms with Crippen molar-refractivity contribution in [2.45, 2.75) is 33.7 Å². The van der Waals surface area contributed by atoms with Gasteiger partial charge in [0.25, 0.3) is 0 Å². The van der Waals surface area contributed by atoms with E-state index in [-0.39, 0.29) is 6.04 Å². The molecule has 0 fully saturated rings. The van der Waals surface area contributed by atoms with Crippen molar-refractivity contribution in [2.24, 2.45) is 0 Å². The number of aryl methyl sites for hydroxylation is 3. The Morgan fingerprint density at radius 3 is 2.41 bits per heavy atom. The third kappa shape index (κ3) is 2.18. The summed E-state index contributed by atoms with van der Waals surface area (Å²) in [6.45, 7) is 8.32. The minimum Gasteiger partial charge on any atom is -0.384 e. The third-order valence-electron chi connectivity index (χ3n) is 3.13. The first kappa shape index (κ1) is 11.7. The van der Waals surface area contributed by atoms with Gasteiger partial charge < -0.3 is 5.73 Å². The van der Waals surface area contributed by atoms with Crippen molar-refractivity contribution in [3.05, 3.63) is 46.6 Å². The molecular weight excluding hydrogens is 210 g/mol. The molecule has 0 amide bonds. The predicted octanol–water partition coefficient (Wildman–Crippen LogP) is 3.00. The van der Waals surface area contributed by atoms with Crippen molar-refractivity contribution < 1.29 is 0 Å². The van der Waals surface area contributed by atoms with E-state index in [1.54, 1.807) is 0 Å². The lowest BCUT2D eigenvalue weighted by Crippen LogP contribution is -2.12. The zero-order chi connectivity index (χ0) is 12.6. The van der Waals surface area contributed by atoms with Crippen molar-refractivity contribution >= 4 is 5.82 Å². The Labute approximate surface area is 102 Å². The normalized spacial score (nSPS) is 12.7. The minimum absolute atomic E-state index is 0.171. The molecule has 0 aliphatic rings. The third-order valence-corrected chi connectivity index (χ3v) is 3.13. The molecule has 2 N–H and O–H groups in total. The summed E-state index contributed by atoms with van der Waals surface area (Å²) >= 11 is 0. The fourth-order valence-electron chi connectivity index (χ4n) is 2.27. The minimum atomic E-state index is 0.171. The Bertz CT molecular complexity index is 540. The highest BCUT2D eigenvalue weighted by Gasteiger charge is 2.14. The maximum absolute atomic E-state index is 5.96. The SMILES string of the molecule is Cc1ccc(C(C)n2nc(C)cc2N)c(C)c1. The summed E-state index contributed by atoms with van der Waals surface area (Å²) in [5, 5.41) is 4.44. The number of nitrogens with two attached hydrogens (primary N) is 1. The summed E-state index contributed by atoms with van der Waals surface area (Å²) in [6, 6.07) is 8.56. The molecule has 0 saturated carbocycles. The van der Waals surface area contributed by atoms with Crippen LogP contribution in [0, 0.1) is 20.8 Å². The van der Waals surface area contributed by atoms with Crippen LogP contribution in [0.25, 0.3) is 0 Å². The van der Waals surface area contributed by atoms with E-state index in [1.807, 2.05) is 17.7 Å². The van der Waals surface area contributed by atoms with E-state index in [9.17, 15) is 0 Å². The number of rotatable bonds is 2. The fraction of sp³-hybridized carbons (Fsp3) is 0.357. The lowest BCUT2D eigenvalue weighted by atomic mass is 10.0. The zero-order valence-electron chi connectivity index (χ0n) is 10.9. The molecule has 2 rings (SSSR count). The summed E-state index contributed by atoms with van der Waals surface area (Å²) in [4.78, 5) is 0. The van der Waals surface area contributed by atoms with Gasteiger partial charge in [0.2, 0.25) is 0 Å². The second-order valence-corrected chi connectivity index (χ2v) is 4.69. The largest absolute Gasteiger partial charge is 0.384 e. The van der Waals surface area contributed by atoms with Crippen LogP contribution in [0.2, 0.25) is 0 Å². The quantitative estimate of drug-likeness (QED) is 0.860. The number of nitrogens with zero attached hydrogens (tertiary/aromatic N) is 2. The van der Waals surface area contributed by atoms with Gasteiger partial charge >= 0.3 is 0 Å². The summed E-state index contributed by atoms with van der Waals surface area (Å²) in [5.41, 5.74) is 10.7. The number of hydrogen-bond acceptors (Lipinski definition) is 2. The Morgan fingerprint density at radius 1 is 1.18 bits per heavy atom. The van der Waals surface area contributed by atoms with Crippen LogP contribution >= 0.6 is 0 Å². The second kappa shape index (κ2) is 4.24. The van der Waals surface area contributed by atoms with Crippen molar-refractivity contribution in [3.63, 3.8) is 0 Å². The molecule has 1 aromatic carbocycles. The topological polar surface area (TPSA) is 43.8 Å². The van der Waals surface area contributed by atoms with Gasteiger partial charge in [0.1, 0.15) is 5.82 Å². The van der Waals surface area contributed by atoms with Crippen LogP contribution in [0.15, 0.2) is 24.3 Å². The lowest BCUT2D eigenvalue weighted by molar-refractivity contribution is 0.566. The molecule has 2 aromatic rings. The van der Waals surface area contributed by atoms with Gasteiger partial charge in [0.05, 0.1) is 11.7 Å². The smallest absolute Gasteiger partial charge is 0.122 e. The van der Waals surface area contributed by atoms with E-state index < -0.39 is 0 Å². The lowest BCUT2D eigenvalue weighted by Gasteiger charge is -2.17. The molecule has 3 heteroatoms. The molecule has 0 radical (unpaired) electrons. The van der Waals surface area contributed by atoms with Crippen LogP contribution in [0.5, 0.6) is 0 Å². The van der Waals surface area contributed by atoms with Crippen molar-refractivity contribution in [1.29, 1.82) is 0 Å². The van der Waals surface area contributed by atoms with Crippen LogP contribution in [-0.2, 0) is 0 Å². The first-order valence-corrected chi connectivity index (χ1v) is 5.88. The molecule has 0 aliphatic carbocycles. The van der Waals surface area contributed by atoms with Gasteiger partial charge in [0.15, 0.2) is 0 Å². The zero-order valence-corrected chi connectivity index (χ0v) is 10.9. The summed E-state index contributed by atoms with van der Waals surface area (Å²) in [5.74, 6) is 0.718. The van der Waals surface area contributed by atoms with Gasteiger partial charge in [-0.25, -0.2) is 4.68 Å². The number of nitrogen functional groups attached to an aromatic ring is 1.